The number of likely N-dealkylation sites (tertiary alicyclic amines) is 1. The Hall–Kier alpha value is -0.870. The zero-order valence-corrected chi connectivity index (χ0v) is 11.7. The fraction of sp³-hybridized carbons (Fsp3) is 0.692. The Morgan fingerprint density at radius 1 is 1.22 bits per heavy atom. The van der Waals surface area contributed by atoms with E-state index in [0.717, 1.165) is 29.8 Å². The van der Waals surface area contributed by atoms with Crippen LogP contribution in [0.5, 0.6) is 0 Å². The van der Waals surface area contributed by atoms with Crippen molar-refractivity contribution in [2.45, 2.75) is 45.2 Å². The van der Waals surface area contributed by atoms with Crippen LogP contribution in [0.3, 0.4) is 0 Å². The lowest BCUT2D eigenvalue weighted by molar-refractivity contribution is 0.326. The van der Waals surface area contributed by atoms with Crippen LogP contribution in [-0.2, 0) is 0 Å². The summed E-state index contributed by atoms with van der Waals surface area (Å²) in [5.41, 5.74) is 0.951. The monoisotopic (exact) mass is 266 g/mol. The third kappa shape index (κ3) is 2.45. The Kier molecular flexibility index (Phi) is 3.16. The molecule has 1 aromatic rings. The van der Waals surface area contributed by atoms with Crippen molar-refractivity contribution in [2.75, 3.05) is 18.4 Å². The fourth-order valence-corrected chi connectivity index (χ4v) is 2.82. The highest BCUT2D eigenvalue weighted by Gasteiger charge is 2.34. The first-order chi connectivity index (χ1) is 8.63. The van der Waals surface area contributed by atoms with Gasteiger partial charge in [0.1, 0.15) is 16.8 Å². The van der Waals surface area contributed by atoms with E-state index < -0.39 is 0 Å². The van der Waals surface area contributed by atoms with E-state index >= 15 is 0 Å². The highest BCUT2D eigenvalue weighted by molar-refractivity contribution is 6.30. The molecule has 1 aliphatic carbocycles. The molecule has 2 fully saturated rings. The first-order valence-electron chi connectivity index (χ1n) is 6.65. The number of hydrogen-bond donors (Lipinski definition) is 1. The second-order valence-corrected chi connectivity index (χ2v) is 5.75. The smallest absolute Gasteiger partial charge is 0.137 e. The molecule has 3 rings (SSSR count). The lowest BCUT2D eigenvalue weighted by atomic mass is 10.2. The van der Waals surface area contributed by atoms with Crippen molar-refractivity contribution >= 4 is 17.4 Å². The number of aryl methyl sites for hydroxylation is 1. The molecule has 1 aromatic heterocycles. The summed E-state index contributed by atoms with van der Waals surface area (Å²) in [6.07, 6.45) is 3.95. The predicted octanol–water partition coefficient (Wildman–Crippen LogP) is 2.40. The van der Waals surface area contributed by atoms with Crippen LogP contribution in [0.2, 0.25) is 5.15 Å². The van der Waals surface area contributed by atoms with Crippen molar-refractivity contribution in [1.82, 2.24) is 14.9 Å². The van der Waals surface area contributed by atoms with Gasteiger partial charge in [0, 0.05) is 30.7 Å². The van der Waals surface area contributed by atoms with Crippen molar-refractivity contribution < 1.29 is 0 Å². The largest absolute Gasteiger partial charge is 0.366 e. The van der Waals surface area contributed by atoms with Crippen LogP contribution in [0.4, 0.5) is 5.82 Å². The Balaban J connectivity index is 1.69. The number of anilines is 1. The van der Waals surface area contributed by atoms with E-state index in [1.54, 1.807) is 0 Å². The van der Waals surface area contributed by atoms with Gasteiger partial charge in [-0.1, -0.05) is 11.6 Å². The summed E-state index contributed by atoms with van der Waals surface area (Å²) in [6, 6.07) is 1.35. The standard InChI is InChI=1S/C13H19ClN4/c1-8-12(14)15-9(2)16-13(8)17-10-5-6-18(7-10)11-3-4-11/h10-11H,3-7H2,1-2H3,(H,15,16,17). The first-order valence-corrected chi connectivity index (χ1v) is 7.02. The lowest BCUT2D eigenvalue weighted by Crippen LogP contribution is -2.28. The Bertz CT molecular complexity index is 459. The minimum absolute atomic E-state index is 0.495. The lowest BCUT2D eigenvalue weighted by Gasteiger charge is -2.17. The van der Waals surface area contributed by atoms with Crippen LogP contribution in [0.25, 0.3) is 0 Å². The second kappa shape index (κ2) is 4.67. The highest BCUT2D eigenvalue weighted by atomic mass is 35.5. The van der Waals surface area contributed by atoms with Gasteiger partial charge in [-0.15, -0.1) is 0 Å². The molecule has 2 aliphatic rings. The van der Waals surface area contributed by atoms with E-state index in [9.17, 15) is 0 Å². The minimum atomic E-state index is 0.495. The maximum absolute atomic E-state index is 6.09. The first kappa shape index (κ1) is 12.2. The van der Waals surface area contributed by atoms with E-state index in [1.165, 1.54) is 25.8 Å². The fourth-order valence-electron chi connectivity index (χ4n) is 2.60. The molecule has 1 atom stereocenters. The summed E-state index contributed by atoms with van der Waals surface area (Å²) in [4.78, 5) is 11.2. The van der Waals surface area contributed by atoms with Gasteiger partial charge in [0.25, 0.3) is 0 Å². The summed E-state index contributed by atoms with van der Waals surface area (Å²) in [5.74, 6) is 1.63. The van der Waals surface area contributed by atoms with Crippen LogP contribution in [0, 0.1) is 13.8 Å². The molecule has 1 saturated heterocycles. The quantitative estimate of drug-likeness (QED) is 0.853. The molecule has 0 radical (unpaired) electrons. The van der Waals surface area contributed by atoms with Crippen LogP contribution < -0.4 is 5.32 Å². The van der Waals surface area contributed by atoms with Crippen molar-refractivity contribution in [3.05, 3.63) is 16.5 Å². The van der Waals surface area contributed by atoms with E-state index in [0.29, 0.717) is 11.2 Å². The van der Waals surface area contributed by atoms with Gasteiger partial charge < -0.3 is 5.32 Å². The molecule has 0 bridgehead atoms. The third-order valence-electron chi connectivity index (χ3n) is 3.82. The normalized spacial score (nSPS) is 24.5. The number of hydrogen-bond acceptors (Lipinski definition) is 4. The molecule has 0 aromatic carbocycles. The van der Waals surface area contributed by atoms with E-state index in [1.807, 2.05) is 13.8 Å². The van der Waals surface area contributed by atoms with Gasteiger partial charge in [0.2, 0.25) is 0 Å². The summed E-state index contributed by atoms with van der Waals surface area (Å²) >= 11 is 6.09. The van der Waals surface area contributed by atoms with Crippen LogP contribution in [-0.4, -0.2) is 40.0 Å². The van der Waals surface area contributed by atoms with Gasteiger partial charge >= 0.3 is 0 Å². The Morgan fingerprint density at radius 3 is 2.72 bits per heavy atom. The van der Waals surface area contributed by atoms with Gasteiger partial charge in [-0.2, -0.15) is 0 Å². The molecule has 1 unspecified atom stereocenters. The van der Waals surface area contributed by atoms with Crippen LogP contribution in [0.1, 0.15) is 30.7 Å². The number of nitrogens with one attached hydrogen (secondary N) is 1. The molecule has 4 nitrogen and oxygen atoms in total. The summed E-state index contributed by atoms with van der Waals surface area (Å²) in [7, 11) is 0. The summed E-state index contributed by atoms with van der Waals surface area (Å²) < 4.78 is 0. The topological polar surface area (TPSA) is 41.1 Å². The molecule has 98 valence electrons. The molecular weight excluding hydrogens is 248 g/mol. The average Bonchev–Trinajstić information content (AvgIpc) is 3.07. The highest BCUT2D eigenvalue weighted by Crippen LogP contribution is 2.31. The van der Waals surface area contributed by atoms with Gasteiger partial charge in [-0.25, -0.2) is 9.97 Å². The van der Waals surface area contributed by atoms with Gasteiger partial charge in [-0.3, -0.25) is 4.90 Å². The summed E-state index contributed by atoms with van der Waals surface area (Å²) in [5, 5.41) is 4.08. The number of nitrogens with zero attached hydrogens (tertiary/aromatic N) is 3. The molecule has 1 aliphatic heterocycles. The maximum Gasteiger partial charge on any atom is 0.137 e. The second-order valence-electron chi connectivity index (χ2n) is 5.39. The molecule has 0 amide bonds. The minimum Gasteiger partial charge on any atom is -0.366 e. The zero-order valence-electron chi connectivity index (χ0n) is 10.9. The Morgan fingerprint density at radius 2 is 2.00 bits per heavy atom. The third-order valence-corrected chi connectivity index (χ3v) is 4.19. The number of halogens is 1. The summed E-state index contributed by atoms with van der Waals surface area (Å²) in [6.45, 7) is 6.18. The van der Waals surface area contributed by atoms with E-state index in [4.69, 9.17) is 11.6 Å². The molecule has 1 N–H and O–H groups in total. The molecule has 5 heteroatoms. The van der Waals surface area contributed by atoms with Crippen LogP contribution >= 0.6 is 11.6 Å². The number of aromatic nitrogens is 2. The van der Waals surface area contributed by atoms with Crippen molar-refractivity contribution in [3.63, 3.8) is 0 Å². The van der Waals surface area contributed by atoms with E-state index in [2.05, 4.69) is 20.2 Å². The van der Waals surface area contributed by atoms with E-state index in [-0.39, 0.29) is 0 Å². The predicted molar refractivity (Wildman–Crippen MR) is 73.1 cm³/mol. The molecule has 18 heavy (non-hydrogen) atoms. The Labute approximate surface area is 113 Å². The zero-order chi connectivity index (χ0) is 12.7. The van der Waals surface area contributed by atoms with Gasteiger partial charge in [0.05, 0.1) is 0 Å². The van der Waals surface area contributed by atoms with Gasteiger partial charge in [0.15, 0.2) is 0 Å². The molecular formula is C13H19ClN4. The van der Waals surface area contributed by atoms with Crippen LogP contribution in [0.15, 0.2) is 0 Å². The van der Waals surface area contributed by atoms with Crippen molar-refractivity contribution in [1.29, 1.82) is 0 Å². The average molecular weight is 267 g/mol. The van der Waals surface area contributed by atoms with Crippen molar-refractivity contribution in [3.8, 4) is 0 Å². The SMILES string of the molecule is Cc1nc(Cl)c(C)c(NC2CCN(C3CC3)C2)n1. The molecule has 1 saturated carbocycles. The molecule has 0 spiro atoms. The number of rotatable bonds is 3. The van der Waals surface area contributed by atoms with Crippen molar-refractivity contribution in [2.24, 2.45) is 0 Å². The maximum atomic E-state index is 6.09. The van der Waals surface area contributed by atoms with Gasteiger partial charge in [-0.05, 0) is 33.1 Å². The molecule has 2 heterocycles.